The molecule has 1 aromatic carbocycles. The molecule has 7 heteroatoms. The standard InChI is InChI=1S/C14H14N2O4S/c1-8-6-21-7-9(8)5-15-14(20)16-10-2-3-11(13(18)19)12(17)4-10/h2-4,6-7,17H,5H2,1H3,(H,18,19)(H2,15,16,20). The first-order chi connectivity index (χ1) is 9.97. The van der Waals surface area contributed by atoms with E-state index in [1.54, 1.807) is 11.3 Å². The molecule has 6 nitrogen and oxygen atoms in total. The Morgan fingerprint density at radius 2 is 2.05 bits per heavy atom. The number of rotatable bonds is 4. The number of nitrogens with one attached hydrogen (secondary N) is 2. The van der Waals surface area contributed by atoms with Gasteiger partial charge in [-0.2, -0.15) is 11.3 Å². The van der Waals surface area contributed by atoms with Gasteiger partial charge in [0, 0.05) is 18.3 Å². The molecule has 0 unspecified atom stereocenters. The van der Waals surface area contributed by atoms with E-state index in [0.29, 0.717) is 12.2 Å². The monoisotopic (exact) mass is 306 g/mol. The van der Waals surface area contributed by atoms with E-state index in [1.807, 2.05) is 17.7 Å². The van der Waals surface area contributed by atoms with Crippen molar-refractivity contribution < 1.29 is 19.8 Å². The van der Waals surface area contributed by atoms with Crippen LogP contribution in [0.4, 0.5) is 10.5 Å². The quantitative estimate of drug-likeness (QED) is 0.698. The van der Waals surface area contributed by atoms with Gasteiger partial charge in [0.25, 0.3) is 0 Å². The van der Waals surface area contributed by atoms with E-state index in [4.69, 9.17) is 5.11 Å². The molecule has 0 fully saturated rings. The van der Waals surface area contributed by atoms with Crippen LogP contribution in [0, 0.1) is 6.92 Å². The van der Waals surface area contributed by atoms with Gasteiger partial charge in [-0.25, -0.2) is 9.59 Å². The molecule has 0 saturated carbocycles. The number of urea groups is 1. The van der Waals surface area contributed by atoms with E-state index >= 15 is 0 Å². The molecule has 110 valence electrons. The van der Waals surface area contributed by atoms with Crippen LogP contribution in [0.2, 0.25) is 0 Å². The smallest absolute Gasteiger partial charge is 0.339 e. The summed E-state index contributed by atoms with van der Waals surface area (Å²) in [6.07, 6.45) is 0. The molecule has 0 saturated heterocycles. The summed E-state index contributed by atoms with van der Waals surface area (Å²) in [5.74, 6) is -1.62. The number of carbonyl (C=O) groups is 2. The molecule has 0 atom stereocenters. The second kappa shape index (κ2) is 6.27. The molecule has 2 amide bonds. The van der Waals surface area contributed by atoms with Crippen molar-refractivity contribution in [2.24, 2.45) is 0 Å². The van der Waals surface area contributed by atoms with Gasteiger partial charge < -0.3 is 20.8 Å². The normalized spacial score (nSPS) is 10.1. The topological polar surface area (TPSA) is 98.7 Å². The fraction of sp³-hybridized carbons (Fsp3) is 0.143. The van der Waals surface area contributed by atoms with E-state index in [2.05, 4.69) is 10.6 Å². The molecule has 0 radical (unpaired) electrons. The molecule has 0 aliphatic heterocycles. The Labute approximate surface area is 125 Å². The number of thiophene rings is 1. The number of anilines is 1. The van der Waals surface area contributed by atoms with Crippen LogP contribution >= 0.6 is 11.3 Å². The van der Waals surface area contributed by atoms with E-state index in [-0.39, 0.29) is 5.56 Å². The van der Waals surface area contributed by atoms with Crippen LogP contribution in [0.5, 0.6) is 5.75 Å². The molecular weight excluding hydrogens is 292 g/mol. The number of carboxylic acid groups (broad SMARTS) is 1. The van der Waals surface area contributed by atoms with Gasteiger partial charge >= 0.3 is 12.0 Å². The van der Waals surface area contributed by atoms with E-state index < -0.39 is 17.7 Å². The number of benzene rings is 1. The molecule has 4 N–H and O–H groups in total. The van der Waals surface area contributed by atoms with Crippen molar-refractivity contribution in [3.05, 3.63) is 45.6 Å². The van der Waals surface area contributed by atoms with Gasteiger partial charge in [0.15, 0.2) is 0 Å². The zero-order valence-corrected chi connectivity index (χ0v) is 12.0. The number of carboxylic acids is 1. The zero-order chi connectivity index (χ0) is 15.4. The number of amides is 2. The van der Waals surface area contributed by atoms with E-state index in [9.17, 15) is 14.7 Å². The van der Waals surface area contributed by atoms with Crippen LogP contribution in [0.1, 0.15) is 21.5 Å². The van der Waals surface area contributed by atoms with Crippen LogP contribution in [-0.2, 0) is 6.54 Å². The van der Waals surface area contributed by atoms with Crippen molar-refractivity contribution in [2.75, 3.05) is 5.32 Å². The molecule has 1 heterocycles. The van der Waals surface area contributed by atoms with Gasteiger partial charge in [0.05, 0.1) is 0 Å². The van der Waals surface area contributed by atoms with E-state index in [1.165, 1.54) is 18.2 Å². The lowest BCUT2D eigenvalue weighted by Crippen LogP contribution is -2.28. The van der Waals surface area contributed by atoms with Crippen molar-refractivity contribution >= 4 is 29.0 Å². The Morgan fingerprint density at radius 3 is 2.62 bits per heavy atom. The Kier molecular flexibility index (Phi) is 4.44. The summed E-state index contributed by atoms with van der Waals surface area (Å²) in [5, 5.41) is 27.5. The molecule has 0 spiro atoms. The molecule has 0 bridgehead atoms. The zero-order valence-electron chi connectivity index (χ0n) is 11.2. The van der Waals surface area contributed by atoms with Crippen molar-refractivity contribution in [3.8, 4) is 5.75 Å². The highest BCUT2D eigenvalue weighted by Crippen LogP contribution is 2.21. The third kappa shape index (κ3) is 3.73. The highest BCUT2D eigenvalue weighted by Gasteiger charge is 2.11. The Hall–Kier alpha value is -2.54. The van der Waals surface area contributed by atoms with Crippen LogP contribution in [-0.4, -0.2) is 22.2 Å². The summed E-state index contributed by atoms with van der Waals surface area (Å²) >= 11 is 1.57. The summed E-state index contributed by atoms with van der Waals surface area (Å²) in [6, 6.07) is 3.41. The predicted molar refractivity (Wildman–Crippen MR) is 80.0 cm³/mol. The highest BCUT2D eigenvalue weighted by molar-refractivity contribution is 7.08. The lowest BCUT2D eigenvalue weighted by Gasteiger charge is -2.08. The minimum Gasteiger partial charge on any atom is -0.507 e. The second-order valence-electron chi connectivity index (χ2n) is 4.42. The molecule has 0 aliphatic carbocycles. The molecule has 2 aromatic rings. The second-order valence-corrected chi connectivity index (χ2v) is 5.17. The maximum Gasteiger partial charge on any atom is 0.339 e. The number of aromatic carboxylic acids is 1. The molecular formula is C14H14N2O4S. The summed E-state index contributed by atoms with van der Waals surface area (Å²) in [6.45, 7) is 2.37. The molecule has 1 aromatic heterocycles. The summed E-state index contributed by atoms with van der Waals surface area (Å²) in [4.78, 5) is 22.5. The first-order valence-corrected chi connectivity index (χ1v) is 7.04. The van der Waals surface area contributed by atoms with Crippen LogP contribution < -0.4 is 10.6 Å². The maximum atomic E-state index is 11.7. The fourth-order valence-corrected chi connectivity index (χ4v) is 2.57. The lowest BCUT2D eigenvalue weighted by atomic mass is 10.2. The van der Waals surface area contributed by atoms with Crippen LogP contribution in [0.25, 0.3) is 0 Å². The van der Waals surface area contributed by atoms with Crippen molar-refractivity contribution in [1.82, 2.24) is 5.32 Å². The first-order valence-electron chi connectivity index (χ1n) is 6.10. The van der Waals surface area contributed by atoms with E-state index in [0.717, 1.165) is 11.1 Å². The number of hydrogen-bond donors (Lipinski definition) is 4. The largest absolute Gasteiger partial charge is 0.507 e. The van der Waals surface area contributed by atoms with Gasteiger partial charge in [-0.15, -0.1) is 0 Å². The minimum atomic E-state index is -1.23. The maximum absolute atomic E-state index is 11.7. The third-order valence-corrected chi connectivity index (χ3v) is 3.80. The number of phenols is 1. The van der Waals surface area contributed by atoms with Crippen molar-refractivity contribution in [2.45, 2.75) is 13.5 Å². The highest BCUT2D eigenvalue weighted by atomic mass is 32.1. The average molecular weight is 306 g/mol. The SMILES string of the molecule is Cc1cscc1CNC(=O)Nc1ccc(C(=O)O)c(O)c1. The first kappa shape index (κ1) is 14.9. The van der Waals surface area contributed by atoms with Gasteiger partial charge in [-0.1, -0.05) is 0 Å². The van der Waals surface area contributed by atoms with Gasteiger partial charge in [-0.3, -0.25) is 0 Å². The van der Waals surface area contributed by atoms with Gasteiger partial charge in [0.2, 0.25) is 0 Å². The third-order valence-electron chi connectivity index (χ3n) is 2.89. The lowest BCUT2D eigenvalue weighted by molar-refractivity contribution is 0.0694. The van der Waals surface area contributed by atoms with Crippen LogP contribution in [0.3, 0.4) is 0 Å². The molecule has 21 heavy (non-hydrogen) atoms. The molecule has 2 rings (SSSR count). The Morgan fingerprint density at radius 1 is 1.29 bits per heavy atom. The number of hydrogen-bond acceptors (Lipinski definition) is 4. The Balaban J connectivity index is 1.95. The van der Waals surface area contributed by atoms with Gasteiger partial charge in [0.1, 0.15) is 11.3 Å². The van der Waals surface area contributed by atoms with Crippen molar-refractivity contribution in [3.63, 3.8) is 0 Å². The summed E-state index contributed by atoms with van der Waals surface area (Å²) < 4.78 is 0. The number of aromatic hydroxyl groups is 1. The number of carbonyl (C=O) groups excluding carboxylic acids is 1. The number of aryl methyl sites for hydroxylation is 1. The molecule has 0 aliphatic rings. The Bertz CT molecular complexity index is 681. The fourth-order valence-electron chi connectivity index (χ4n) is 1.71. The van der Waals surface area contributed by atoms with Crippen LogP contribution in [0.15, 0.2) is 29.0 Å². The van der Waals surface area contributed by atoms with Gasteiger partial charge in [-0.05, 0) is 40.9 Å². The minimum absolute atomic E-state index is 0.213. The summed E-state index contributed by atoms with van der Waals surface area (Å²) in [7, 11) is 0. The average Bonchev–Trinajstić information content (AvgIpc) is 2.81. The summed E-state index contributed by atoms with van der Waals surface area (Å²) in [5.41, 5.74) is 2.26. The predicted octanol–water partition coefficient (Wildman–Crippen LogP) is 2.78. The van der Waals surface area contributed by atoms with Crippen molar-refractivity contribution in [1.29, 1.82) is 0 Å².